The van der Waals surface area contributed by atoms with E-state index < -0.39 is 0 Å². The SMILES string of the molecule is CC(C)CC(=O)N1CCC(NC(=O)NCc2ccc(-n3ccnc3)nc2)CC1. The van der Waals surface area contributed by atoms with Gasteiger partial charge in [0.15, 0.2) is 0 Å². The highest BCUT2D eigenvalue weighted by atomic mass is 16.2. The summed E-state index contributed by atoms with van der Waals surface area (Å²) in [4.78, 5) is 34.6. The van der Waals surface area contributed by atoms with Crippen molar-refractivity contribution in [1.82, 2.24) is 30.1 Å². The minimum atomic E-state index is -0.189. The number of carbonyl (C=O) groups excluding carboxylic acids is 2. The molecule has 0 bridgehead atoms. The van der Waals surface area contributed by atoms with Gasteiger partial charge in [-0.25, -0.2) is 14.8 Å². The Morgan fingerprint density at radius 2 is 2.04 bits per heavy atom. The summed E-state index contributed by atoms with van der Waals surface area (Å²) < 4.78 is 1.82. The number of hydrogen-bond donors (Lipinski definition) is 2. The van der Waals surface area contributed by atoms with Gasteiger partial charge in [-0.05, 0) is 30.4 Å². The van der Waals surface area contributed by atoms with Crippen LogP contribution in [0.2, 0.25) is 0 Å². The van der Waals surface area contributed by atoms with Crippen molar-refractivity contribution in [2.75, 3.05) is 13.1 Å². The fourth-order valence-electron chi connectivity index (χ4n) is 3.24. The summed E-state index contributed by atoms with van der Waals surface area (Å²) >= 11 is 0. The Morgan fingerprint density at radius 1 is 1.25 bits per heavy atom. The van der Waals surface area contributed by atoms with E-state index in [9.17, 15) is 9.59 Å². The van der Waals surface area contributed by atoms with Crippen LogP contribution >= 0.6 is 0 Å². The van der Waals surface area contributed by atoms with Crippen LogP contribution in [-0.2, 0) is 11.3 Å². The lowest BCUT2D eigenvalue weighted by Gasteiger charge is -2.32. The number of urea groups is 1. The second-order valence-electron chi connectivity index (χ2n) is 7.57. The molecular formula is C20H28N6O2. The molecule has 3 rings (SSSR count). The molecule has 3 heterocycles. The van der Waals surface area contributed by atoms with E-state index in [1.165, 1.54) is 0 Å². The molecule has 1 fully saturated rings. The summed E-state index contributed by atoms with van der Waals surface area (Å²) in [5.74, 6) is 1.37. The number of pyridine rings is 1. The zero-order valence-electron chi connectivity index (χ0n) is 16.5. The van der Waals surface area contributed by atoms with Gasteiger partial charge in [0.1, 0.15) is 12.1 Å². The Balaban J connectivity index is 1.39. The van der Waals surface area contributed by atoms with Crippen LogP contribution in [0.3, 0.4) is 0 Å². The predicted octanol–water partition coefficient (Wildman–Crippen LogP) is 2.10. The second-order valence-corrected chi connectivity index (χ2v) is 7.57. The molecule has 0 aliphatic carbocycles. The van der Waals surface area contributed by atoms with E-state index in [2.05, 4.69) is 34.4 Å². The molecule has 1 aliphatic rings. The first-order valence-corrected chi connectivity index (χ1v) is 9.76. The van der Waals surface area contributed by atoms with Crippen molar-refractivity contribution in [1.29, 1.82) is 0 Å². The van der Waals surface area contributed by atoms with Crippen molar-refractivity contribution in [3.05, 3.63) is 42.6 Å². The van der Waals surface area contributed by atoms with Crippen LogP contribution in [0, 0.1) is 5.92 Å². The smallest absolute Gasteiger partial charge is 0.315 e. The van der Waals surface area contributed by atoms with Crippen molar-refractivity contribution in [3.8, 4) is 5.82 Å². The lowest BCUT2D eigenvalue weighted by Crippen LogP contribution is -2.49. The van der Waals surface area contributed by atoms with Crippen molar-refractivity contribution in [2.24, 2.45) is 5.92 Å². The van der Waals surface area contributed by atoms with Gasteiger partial charge in [-0.1, -0.05) is 19.9 Å². The first kappa shape index (κ1) is 19.9. The predicted molar refractivity (Wildman–Crippen MR) is 106 cm³/mol. The Labute approximate surface area is 165 Å². The van der Waals surface area contributed by atoms with Gasteiger partial charge in [-0.3, -0.25) is 9.36 Å². The number of hydrogen-bond acceptors (Lipinski definition) is 4. The molecule has 1 aliphatic heterocycles. The molecule has 0 radical (unpaired) electrons. The van der Waals surface area contributed by atoms with Gasteiger partial charge in [0.25, 0.3) is 0 Å². The molecule has 8 nitrogen and oxygen atoms in total. The van der Waals surface area contributed by atoms with Crippen LogP contribution in [0.5, 0.6) is 0 Å². The molecule has 0 saturated carbocycles. The van der Waals surface area contributed by atoms with Gasteiger partial charge in [-0.15, -0.1) is 0 Å². The summed E-state index contributed by atoms with van der Waals surface area (Å²) in [6.45, 7) is 5.93. The average molecular weight is 384 g/mol. The van der Waals surface area contributed by atoms with E-state index in [1.807, 2.05) is 27.8 Å². The first-order valence-electron chi connectivity index (χ1n) is 9.76. The Morgan fingerprint density at radius 3 is 2.64 bits per heavy atom. The quantitative estimate of drug-likeness (QED) is 0.798. The van der Waals surface area contributed by atoms with Crippen LogP contribution < -0.4 is 10.6 Å². The molecular weight excluding hydrogens is 356 g/mol. The Bertz CT molecular complexity index is 765. The lowest BCUT2D eigenvalue weighted by molar-refractivity contribution is -0.133. The molecule has 1 saturated heterocycles. The van der Waals surface area contributed by atoms with Crippen molar-refractivity contribution >= 4 is 11.9 Å². The van der Waals surface area contributed by atoms with E-state index in [0.29, 0.717) is 32.0 Å². The van der Waals surface area contributed by atoms with Gasteiger partial charge in [0.05, 0.1) is 0 Å². The van der Waals surface area contributed by atoms with E-state index >= 15 is 0 Å². The number of amides is 3. The standard InChI is InChI=1S/C20H28N6O2/c1-15(2)11-19(27)25-8-5-17(6-9-25)24-20(28)23-13-16-3-4-18(22-12-16)26-10-7-21-14-26/h3-4,7,10,12,14-15,17H,5-6,8-9,11,13H2,1-2H3,(H2,23,24,28). The number of aromatic nitrogens is 3. The number of likely N-dealkylation sites (tertiary alicyclic amines) is 1. The third-order valence-corrected chi connectivity index (χ3v) is 4.80. The summed E-state index contributed by atoms with van der Waals surface area (Å²) in [5.41, 5.74) is 0.924. The maximum absolute atomic E-state index is 12.2. The van der Waals surface area contributed by atoms with Crippen LogP contribution in [0.15, 0.2) is 37.1 Å². The van der Waals surface area contributed by atoms with Crippen LogP contribution in [0.1, 0.15) is 38.7 Å². The molecule has 2 aromatic heterocycles. The third kappa shape index (κ3) is 5.55. The monoisotopic (exact) mass is 384 g/mol. The zero-order valence-corrected chi connectivity index (χ0v) is 16.5. The summed E-state index contributed by atoms with van der Waals surface area (Å²) in [5, 5.41) is 5.87. The lowest BCUT2D eigenvalue weighted by atomic mass is 10.0. The van der Waals surface area contributed by atoms with Gasteiger partial charge >= 0.3 is 6.03 Å². The number of rotatable bonds is 6. The Hall–Kier alpha value is -2.90. The average Bonchev–Trinajstić information content (AvgIpc) is 3.21. The normalized spacial score (nSPS) is 14.9. The number of carbonyl (C=O) groups is 2. The van der Waals surface area contributed by atoms with Crippen LogP contribution in [0.4, 0.5) is 4.79 Å². The minimum Gasteiger partial charge on any atom is -0.343 e. The second kappa shape index (κ2) is 9.34. The maximum Gasteiger partial charge on any atom is 0.315 e. The molecule has 3 amide bonds. The molecule has 150 valence electrons. The molecule has 8 heteroatoms. The zero-order chi connectivity index (χ0) is 19.9. The number of nitrogens with one attached hydrogen (secondary N) is 2. The molecule has 0 atom stereocenters. The highest BCUT2D eigenvalue weighted by Gasteiger charge is 2.24. The maximum atomic E-state index is 12.2. The number of nitrogens with zero attached hydrogens (tertiary/aromatic N) is 4. The summed E-state index contributed by atoms with van der Waals surface area (Å²) in [7, 11) is 0. The van der Waals surface area contributed by atoms with Crippen LogP contribution in [0.25, 0.3) is 5.82 Å². The highest BCUT2D eigenvalue weighted by Crippen LogP contribution is 2.13. The molecule has 28 heavy (non-hydrogen) atoms. The van der Waals surface area contributed by atoms with Crippen molar-refractivity contribution < 1.29 is 9.59 Å². The number of imidazole rings is 1. The number of piperidine rings is 1. The first-order chi connectivity index (χ1) is 13.5. The van der Waals surface area contributed by atoms with Gasteiger partial charge in [0, 0.05) is 50.7 Å². The van der Waals surface area contributed by atoms with E-state index in [1.54, 1.807) is 18.7 Å². The summed E-state index contributed by atoms with van der Waals surface area (Å²) in [6, 6.07) is 3.73. The van der Waals surface area contributed by atoms with Crippen molar-refractivity contribution in [3.63, 3.8) is 0 Å². The van der Waals surface area contributed by atoms with E-state index in [0.717, 1.165) is 24.2 Å². The minimum absolute atomic E-state index is 0.102. The van der Waals surface area contributed by atoms with Crippen molar-refractivity contribution in [2.45, 2.75) is 45.7 Å². The van der Waals surface area contributed by atoms with Crippen LogP contribution in [-0.4, -0.2) is 50.5 Å². The molecule has 0 aromatic carbocycles. The van der Waals surface area contributed by atoms with Gasteiger partial charge < -0.3 is 15.5 Å². The fourth-order valence-corrected chi connectivity index (χ4v) is 3.24. The van der Waals surface area contributed by atoms with Gasteiger partial charge in [0.2, 0.25) is 5.91 Å². The third-order valence-electron chi connectivity index (χ3n) is 4.80. The topological polar surface area (TPSA) is 92.2 Å². The molecule has 0 unspecified atom stereocenters. The largest absolute Gasteiger partial charge is 0.343 e. The summed E-state index contributed by atoms with van der Waals surface area (Å²) in [6.07, 6.45) is 9.13. The van der Waals surface area contributed by atoms with E-state index in [-0.39, 0.29) is 18.0 Å². The molecule has 2 aromatic rings. The van der Waals surface area contributed by atoms with Gasteiger partial charge in [-0.2, -0.15) is 0 Å². The Kier molecular flexibility index (Phi) is 6.62. The molecule has 0 spiro atoms. The highest BCUT2D eigenvalue weighted by molar-refractivity contribution is 5.76. The van der Waals surface area contributed by atoms with E-state index in [4.69, 9.17) is 0 Å². The fraction of sp³-hybridized carbons (Fsp3) is 0.500. The molecule has 2 N–H and O–H groups in total.